The molecule has 1 heterocycles. The fourth-order valence-corrected chi connectivity index (χ4v) is 2.23. The number of hydrogen-bond acceptors (Lipinski definition) is 4. The van der Waals surface area contributed by atoms with E-state index in [0.29, 0.717) is 6.54 Å². The van der Waals surface area contributed by atoms with Gasteiger partial charge in [-0.25, -0.2) is 4.98 Å². The highest BCUT2D eigenvalue weighted by Crippen LogP contribution is 2.31. The molecule has 0 radical (unpaired) electrons. The zero-order chi connectivity index (χ0) is 18.4. The minimum Gasteiger partial charge on any atom is -0.454 e. The van der Waals surface area contributed by atoms with Gasteiger partial charge >= 0.3 is 12.1 Å². The smallest absolute Gasteiger partial charge is 0.449 e. The Kier molecular flexibility index (Phi) is 6.00. The van der Waals surface area contributed by atoms with Gasteiger partial charge in [-0.05, 0) is 18.6 Å². The molecular formula is C16H18F3N3O3. The van der Waals surface area contributed by atoms with Crippen molar-refractivity contribution in [2.24, 2.45) is 0 Å². The number of fused-ring (bicyclic) bond motifs is 1. The number of alkyl halides is 3. The number of nitrogens with one attached hydrogen (secondary N) is 1. The molecule has 0 unspecified atom stereocenters. The largest absolute Gasteiger partial charge is 0.454 e. The molecule has 1 amide bonds. The van der Waals surface area contributed by atoms with E-state index >= 15 is 0 Å². The van der Waals surface area contributed by atoms with Crippen molar-refractivity contribution in [3.63, 3.8) is 0 Å². The second-order valence-corrected chi connectivity index (χ2v) is 5.37. The Morgan fingerprint density at radius 1 is 1.28 bits per heavy atom. The predicted octanol–water partition coefficient (Wildman–Crippen LogP) is 2.51. The summed E-state index contributed by atoms with van der Waals surface area (Å²) in [7, 11) is 0. The molecule has 0 aliphatic carbocycles. The maximum atomic E-state index is 13.1. The van der Waals surface area contributed by atoms with E-state index in [2.05, 4.69) is 10.3 Å². The molecule has 6 nitrogen and oxygen atoms in total. The molecular weight excluding hydrogens is 339 g/mol. The molecule has 9 heteroatoms. The van der Waals surface area contributed by atoms with Gasteiger partial charge in [0.1, 0.15) is 6.54 Å². The third kappa shape index (κ3) is 4.94. The lowest BCUT2D eigenvalue weighted by molar-refractivity contribution is -0.153. The molecule has 0 aliphatic rings. The molecule has 1 N–H and O–H groups in total. The number of para-hydroxylation sites is 2. The quantitative estimate of drug-likeness (QED) is 0.610. The van der Waals surface area contributed by atoms with Gasteiger partial charge in [0.25, 0.3) is 5.91 Å². The Morgan fingerprint density at radius 3 is 2.68 bits per heavy atom. The van der Waals surface area contributed by atoms with Crippen LogP contribution in [0.2, 0.25) is 0 Å². The molecule has 2 aromatic rings. The summed E-state index contributed by atoms with van der Waals surface area (Å²) in [6, 6.07) is 5.96. The number of nitrogens with zero attached hydrogens (tertiary/aromatic N) is 2. The van der Waals surface area contributed by atoms with Crippen LogP contribution < -0.4 is 5.32 Å². The van der Waals surface area contributed by atoms with Crippen LogP contribution in [-0.2, 0) is 27.0 Å². The first-order valence-corrected chi connectivity index (χ1v) is 7.77. The zero-order valence-corrected chi connectivity index (χ0v) is 13.6. The summed E-state index contributed by atoms with van der Waals surface area (Å²) in [5, 5.41) is 2.55. The van der Waals surface area contributed by atoms with Crippen molar-refractivity contribution in [1.29, 1.82) is 0 Å². The monoisotopic (exact) mass is 357 g/mol. The van der Waals surface area contributed by atoms with Crippen LogP contribution in [0, 0.1) is 0 Å². The number of carbonyl (C=O) groups excluding carboxylic acids is 2. The Hall–Kier alpha value is -2.58. The number of esters is 1. The second kappa shape index (κ2) is 8.00. The van der Waals surface area contributed by atoms with Gasteiger partial charge in [-0.2, -0.15) is 13.2 Å². The first-order chi connectivity index (χ1) is 11.8. The molecule has 0 saturated carbocycles. The van der Waals surface area contributed by atoms with Crippen molar-refractivity contribution < 1.29 is 27.5 Å². The standard InChI is InChI=1S/C16H18F3N3O3/c1-2-3-8-20-13(23)10-25-14(24)9-22-12-7-5-4-6-11(12)21-15(22)16(17,18)19/h4-7H,2-3,8-10H2,1H3,(H,20,23). The number of benzene rings is 1. The third-order valence-electron chi connectivity index (χ3n) is 3.41. The van der Waals surface area contributed by atoms with Gasteiger partial charge in [0.15, 0.2) is 6.61 Å². The molecule has 0 saturated heterocycles. The van der Waals surface area contributed by atoms with Gasteiger partial charge in [-0.3, -0.25) is 9.59 Å². The second-order valence-electron chi connectivity index (χ2n) is 5.37. The van der Waals surface area contributed by atoms with Crippen molar-refractivity contribution in [3.8, 4) is 0 Å². The van der Waals surface area contributed by atoms with E-state index in [9.17, 15) is 22.8 Å². The minimum atomic E-state index is -4.71. The summed E-state index contributed by atoms with van der Waals surface area (Å²) in [6.07, 6.45) is -3.03. The van der Waals surface area contributed by atoms with Crippen molar-refractivity contribution in [3.05, 3.63) is 30.1 Å². The van der Waals surface area contributed by atoms with E-state index < -0.39 is 37.0 Å². The van der Waals surface area contributed by atoms with Crippen LogP contribution in [0.25, 0.3) is 11.0 Å². The lowest BCUT2D eigenvalue weighted by Gasteiger charge is -2.11. The van der Waals surface area contributed by atoms with Crippen LogP contribution in [-0.4, -0.2) is 34.6 Å². The summed E-state index contributed by atoms with van der Waals surface area (Å²) >= 11 is 0. The molecule has 0 atom stereocenters. The third-order valence-corrected chi connectivity index (χ3v) is 3.41. The number of amides is 1. The average Bonchev–Trinajstić information content (AvgIpc) is 2.92. The number of aromatic nitrogens is 2. The lowest BCUT2D eigenvalue weighted by atomic mass is 10.3. The zero-order valence-electron chi connectivity index (χ0n) is 13.6. The predicted molar refractivity (Wildman–Crippen MR) is 83.6 cm³/mol. The Morgan fingerprint density at radius 2 is 2.00 bits per heavy atom. The highest BCUT2D eigenvalue weighted by atomic mass is 19.4. The van der Waals surface area contributed by atoms with E-state index in [1.54, 1.807) is 12.1 Å². The molecule has 0 fully saturated rings. The average molecular weight is 357 g/mol. The van der Waals surface area contributed by atoms with Crippen molar-refractivity contribution in [1.82, 2.24) is 14.9 Å². The normalized spacial score (nSPS) is 11.5. The Labute approximate surface area is 142 Å². The lowest BCUT2D eigenvalue weighted by Crippen LogP contribution is -2.30. The maximum absolute atomic E-state index is 13.1. The molecule has 0 aliphatic heterocycles. The van der Waals surface area contributed by atoms with Gasteiger partial charge in [0.2, 0.25) is 5.82 Å². The number of carbonyl (C=O) groups is 2. The molecule has 0 spiro atoms. The summed E-state index contributed by atoms with van der Waals surface area (Å²) in [5.41, 5.74) is 0.291. The van der Waals surface area contributed by atoms with Gasteiger partial charge in [-0.1, -0.05) is 25.5 Å². The van der Waals surface area contributed by atoms with E-state index in [1.165, 1.54) is 12.1 Å². The van der Waals surface area contributed by atoms with Crippen LogP contribution in [0.3, 0.4) is 0 Å². The fraction of sp³-hybridized carbons (Fsp3) is 0.438. The number of ether oxygens (including phenoxy) is 1. The first-order valence-electron chi connectivity index (χ1n) is 7.77. The molecule has 1 aromatic heterocycles. The SMILES string of the molecule is CCCCNC(=O)COC(=O)Cn1c(C(F)(F)F)nc2ccccc21. The Bertz CT molecular complexity index is 756. The minimum absolute atomic E-state index is 0.125. The van der Waals surface area contributed by atoms with Crippen molar-refractivity contribution in [2.75, 3.05) is 13.2 Å². The molecule has 136 valence electrons. The van der Waals surface area contributed by atoms with Gasteiger partial charge in [-0.15, -0.1) is 0 Å². The number of imidazole rings is 1. The summed E-state index contributed by atoms with van der Waals surface area (Å²) in [5.74, 6) is -2.62. The highest BCUT2D eigenvalue weighted by molar-refractivity contribution is 5.82. The van der Waals surface area contributed by atoms with Crippen LogP contribution in [0.5, 0.6) is 0 Å². The van der Waals surface area contributed by atoms with Crippen LogP contribution in [0.15, 0.2) is 24.3 Å². The molecule has 25 heavy (non-hydrogen) atoms. The molecule has 1 aromatic carbocycles. The Balaban J connectivity index is 2.06. The molecule has 2 rings (SSSR count). The summed E-state index contributed by atoms with van der Waals surface area (Å²) < 4.78 is 44.9. The highest BCUT2D eigenvalue weighted by Gasteiger charge is 2.38. The number of hydrogen-bond donors (Lipinski definition) is 1. The van der Waals surface area contributed by atoms with E-state index in [0.717, 1.165) is 17.4 Å². The van der Waals surface area contributed by atoms with Crippen molar-refractivity contribution >= 4 is 22.9 Å². The number of unbranched alkanes of at least 4 members (excludes halogenated alkanes) is 1. The van der Waals surface area contributed by atoms with Gasteiger partial charge in [0.05, 0.1) is 11.0 Å². The number of halogens is 3. The fourth-order valence-electron chi connectivity index (χ4n) is 2.23. The van der Waals surface area contributed by atoms with E-state index in [4.69, 9.17) is 4.74 Å². The topological polar surface area (TPSA) is 73.2 Å². The van der Waals surface area contributed by atoms with Crippen LogP contribution in [0.4, 0.5) is 13.2 Å². The summed E-state index contributed by atoms with van der Waals surface area (Å²) in [6.45, 7) is 1.20. The number of rotatable bonds is 7. The molecule has 0 bridgehead atoms. The van der Waals surface area contributed by atoms with Gasteiger partial charge < -0.3 is 14.6 Å². The van der Waals surface area contributed by atoms with Gasteiger partial charge in [0, 0.05) is 6.54 Å². The van der Waals surface area contributed by atoms with Crippen LogP contribution >= 0.6 is 0 Å². The van der Waals surface area contributed by atoms with E-state index in [1.807, 2.05) is 6.92 Å². The van der Waals surface area contributed by atoms with Crippen molar-refractivity contribution in [2.45, 2.75) is 32.5 Å². The van der Waals surface area contributed by atoms with E-state index in [-0.39, 0.29) is 11.0 Å². The summed E-state index contributed by atoms with van der Waals surface area (Å²) in [4.78, 5) is 26.9. The maximum Gasteiger partial charge on any atom is 0.449 e. The van der Waals surface area contributed by atoms with Crippen LogP contribution in [0.1, 0.15) is 25.6 Å². The first kappa shape index (κ1) is 18.8.